The predicted octanol–water partition coefficient (Wildman–Crippen LogP) is 1.60. The molecule has 0 bridgehead atoms. The Morgan fingerprint density at radius 1 is 1.30 bits per heavy atom. The molecule has 0 radical (unpaired) electrons. The third kappa shape index (κ3) is 4.42. The van der Waals surface area contributed by atoms with Crippen LogP contribution in [0.4, 0.5) is 4.79 Å². The van der Waals surface area contributed by atoms with Gasteiger partial charge in [-0.05, 0) is 31.7 Å². The Morgan fingerprint density at radius 2 is 2.07 bits per heavy atom. The van der Waals surface area contributed by atoms with Gasteiger partial charge in [-0.25, -0.2) is 19.1 Å². The summed E-state index contributed by atoms with van der Waals surface area (Å²) < 4.78 is 6.49. The number of nitrogens with zero attached hydrogens (tertiary/aromatic N) is 3. The quantitative estimate of drug-likeness (QED) is 0.787. The van der Waals surface area contributed by atoms with E-state index >= 15 is 0 Å². The molecular formula is C18H23N5O4. The highest BCUT2D eigenvalue weighted by Crippen LogP contribution is 2.23. The van der Waals surface area contributed by atoms with E-state index in [0.29, 0.717) is 17.3 Å². The second-order valence-corrected chi connectivity index (χ2v) is 6.81. The molecule has 3 amide bonds. The Balaban J connectivity index is 1.52. The summed E-state index contributed by atoms with van der Waals surface area (Å²) in [5, 5.41) is 9.18. The first kappa shape index (κ1) is 18.8. The molecule has 144 valence electrons. The molecule has 1 aliphatic rings. The lowest BCUT2D eigenvalue weighted by molar-refractivity contribution is -0.123. The first-order valence-corrected chi connectivity index (χ1v) is 9.03. The molecule has 0 saturated heterocycles. The maximum atomic E-state index is 12.3. The van der Waals surface area contributed by atoms with Crippen LogP contribution in [-0.2, 0) is 9.53 Å². The van der Waals surface area contributed by atoms with Crippen molar-refractivity contribution >= 4 is 23.6 Å². The number of hydrogen-bond acceptors (Lipinski definition) is 6. The SMILES string of the molecule is Cc1nn2cccnc2c1C(=O)OCC(=O)NC(=O)NC1CCCCC1C. The van der Waals surface area contributed by atoms with E-state index in [0.717, 1.165) is 25.7 Å². The van der Waals surface area contributed by atoms with Crippen LogP contribution in [0.5, 0.6) is 0 Å². The molecule has 2 N–H and O–H groups in total. The lowest BCUT2D eigenvalue weighted by atomic mass is 9.86. The molecule has 0 aromatic carbocycles. The number of ether oxygens (including phenoxy) is 1. The van der Waals surface area contributed by atoms with E-state index < -0.39 is 24.5 Å². The van der Waals surface area contributed by atoms with E-state index in [9.17, 15) is 14.4 Å². The molecule has 9 nitrogen and oxygen atoms in total. The topological polar surface area (TPSA) is 115 Å². The number of imide groups is 1. The summed E-state index contributed by atoms with van der Waals surface area (Å²) in [6, 6.07) is 1.18. The lowest BCUT2D eigenvalue weighted by Gasteiger charge is -2.29. The van der Waals surface area contributed by atoms with Crippen molar-refractivity contribution in [3.63, 3.8) is 0 Å². The maximum absolute atomic E-state index is 12.3. The fourth-order valence-corrected chi connectivity index (χ4v) is 3.34. The van der Waals surface area contributed by atoms with Crippen LogP contribution in [0.15, 0.2) is 18.5 Å². The molecule has 2 unspecified atom stereocenters. The summed E-state index contributed by atoms with van der Waals surface area (Å²) in [5.74, 6) is -1.02. The number of fused-ring (bicyclic) bond motifs is 1. The second-order valence-electron chi connectivity index (χ2n) is 6.81. The van der Waals surface area contributed by atoms with Crippen molar-refractivity contribution in [3.8, 4) is 0 Å². The second kappa shape index (κ2) is 8.15. The van der Waals surface area contributed by atoms with Gasteiger partial charge in [0.1, 0.15) is 5.56 Å². The Kier molecular flexibility index (Phi) is 5.68. The van der Waals surface area contributed by atoms with E-state index in [1.54, 1.807) is 19.2 Å². The molecule has 3 rings (SSSR count). The Labute approximate surface area is 156 Å². The average molecular weight is 373 g/mol. The normalized spacial score (nSPS) is 19.5. The van der Waals surface area contributed by atoms with E-state index in [1.807, 2.05) is 0 Å². The smallest absolute Gasteiger partial charge is 0.344 e. The van der Waals surface area contributed by atoms with Gasteiger partial charge in [-0.2, -0.15) is 5.10 Å². The zero-order valence-electron chi connectivity index (χ0n) is 15.4. The van der Waals surface area contributed by atoms with Crippen molar-refractivity contribution in [2.24, 2.45) is 5.92 Å². The minimum atomic E-state index is -0.710. The molecule has 2 atom stereocenters. The summed E-state index contributed by atoms with van der Waals surface area (Å²) in [6.45, 7) is 3.18. The van der Waals surface area contributed by atoms with Gasteiger partial charge in [-0.3, -0.25) is 10.1 Å². The summed E-state index contributed by atoms with van der Waals surface area (Å²) in [5.41, 5.74) is 0.997. The van der Waals surface area contributed by atoms with Crippen molar-refractivity contribution in [2.45, 2.75) is 45.6 Å². The zero-order chi connectivity index (χ0) is 19.4. The minimum absolute atomic E-state index is 0.0570. The van der Waals surface area contributed by atoms with Crippen LogP contribution in [0.25, 0.3) is 5.65 Å². The highest BCUT2D eigenvalue weighted by atomic mass is 16.5. The number of aromatic nitrogens is 3. The van der Waals surface area contributed by atoms with Crippen LogP contribution in [0.3, 0.4) is 0 Å². The van der Waals surface area contributed by atoms with Crippen molar-refractivity contribution < 1.29 is 19.1 Å². The third-order valence-corrected chi connectivity index (χ3v) is 4.79. The van der Waals surface area contributed by atoms with Gasteiger partial charge >= 0.3 is 12.0 Å². The summed E-state index contributed by atoms with van der Waals surface area (Å²) >= 11 is 0. The van der Waals surface area contributed by atoms with Gasteiger partial charge < -0.3 is 10.1 Å². The van der Waals surface area contributed by atoms with Crippen LogP contribution in [0.1, 0.15) is 48.7 Å². The summed E-state index contributed by atoms with van der Waals surface area (Å²) in [6.07, 6.45) is 7.38. The molecule has 0 aliphatic heterocycles. The number of rotatable bonds is 4. The van der Waals surface area contributed by atoms with E-state index in [4.69, 9.17) is 4.74 Å². The lowest BCUT2D eigenvalue weighted by Crippen LogP contribution is -2.48. The maximum Gasteiger partial charge on any atom is 0.344 e. The number of nitrogens with one attached hydrogen (secondary N) is 2. The third-order valence-electron chi connectivity index (χ3n) is 4.79. The standard InChI is InChI=1S/C18H23N5O4/c1-11-6-3-4-7-13(11)20-18(26)21-14(24)10-27-17(25)15-12(2)22-23-9-5-8-19-16(15)23/h5,8-9,11,13H,3-4,6-7,10H2,1-2H3,(H2,20,21,24,26). The zero-order valence-corrected chi connectivity index (χ0v) is 15.4. The molecule has 0 spiro atoms. The van der Waals surface area contributed by atoms with E-state index in [2.05, 4.69) is 27.6 Å². The molecule has 9 heteroatoms. The number of esters is 1. The summed E-state index contributed by atoms with van der Waals surface area (Å²) in [7, 11) is 0. The minimum Gasteiger partial charge on any atom is -0.452 e. The number of amides is 3. The first-order valence-electron chi connectivity index (χ1n) is 9.03. The van der Waals surface area contributed by atoms with E-state index in [-0.39, 0.29) is 11.6 Å². The van der Waals surface area contributed by atoms with Gasteiger partial charge in [0.05, 0.1) is 5.69 Å². The van der Waals surface area contributed by atoms with Gasteiger partial charge in [-0.15, -0.1) is 0 Å². The molecule has 2 aromatic rings. The van der Waals surface area contributed by atoms with Crippen molar-refractivity contribution in [3.05, 3.63) is 29.7 Å². The fraction of sp³-hybridized carbons (Fsp3) is 0.500. The number of carbonyl (C=O) groups excluding carboxylic acids is 3. The number of aryl methyl sites for hydroxylation is 1. The van der Waals surface area contributed by atoms with Crippen molar-refractivity contribution in [2.75, 3.05) is 6.61 Å². The van der Waals surface area contributed by atoms with Crippen molar-refractivity contribution in [1.29, 1.82) is 0 Å². The van der Waals surface area contributed by atoms with Crippen LogP contribution in [-0.4, -0.2) is 45.2 Å². The van der Waals surface area contributed by atoms with Gasteiger partial charge in [0.15, 0.2) is 12.3 Å². The predicted molar refractivity (Wildman–Crippen MR) is 96.1 cm³/mol. The number of carbonyl (C=O) groups is 3. The summed E-state index contributed by atoms with van der Waals surface area (Å²) in [4.78, 5) is 40.3. The molecule has 1 aliphatic carbocycles. The molecule has 1 fully saturated rings. The largest absolute Gasteiger partial charge is 0.452 e. The van der Waals surface area contributed by atoms with Gasteiger partial charge in [0.25, 0.3) is 5.91 Å². The number of urea groups is 1. The van der Waals surface area contributed by atoms with Gasteiger partial charge in [0.2, 0.25) is 0 Å². The number of hydrogen-bond donors (Lipinski definition) is 2. The van der Waals surface area contributed by atoms with Crippen LogP contribution in [0, 0.1) is 12.8 Å². The Hall–Kier alpha value is -2.97. The molecular weight excluding hydrogens is 350 g/mol. The van der Waals surface area contributed by atoms with Gasteiger partial charge in [0, 0.05) is 18.4 Å². The van der Waals surface area contributed by atoms with Crippen LogP contribution in [0.2, 0.25) is 0 Å². The highest BCUT2D eigenvalue weighted by molar-refractivity contribution is 5.99. The molecule has 27 heavy (non-hydrogen) atoms. The Morgan fingerprint density at radius 3 is 2.85 bits per heavy atom. The molecule has 1 saturated carbocycles. The fourth-order valence-electron chi connectivity index (χ4n) is 3.34. The molecule has 2 aromatic heterocycles. The average Bonchev–Trinajstić information content (AvgIpc) is 2.97. The molecule has 2 heterocycles. The van der Waals surface area contributed by atoms with E-state index in [1.165, 1.54) is 10.7 Å². The van der Waals surface area contributed by atoms with Crippen molar-refractivity contribution in [1.82, 2.24) is 25.2 Å². The first-order chi connectivity index (χ1) is 13.0. The monoisotopic (exact) mass is 373 g/mol. The van der Waals surface area contributed by atoms with Crippen LogP contribution >= 0.6 is 0 Å². The highest BCUT2D eigenvalue weighted by Gasteiger charge is 2.24. The van der Waals surface area contributed by atoms with Crippen LogP contribution < -0.4 is 10.6 Å². The Bertz CT molecular complexity index is 863. The van der Waals surface area contributed by atoms with Gasteiger partial charge in [-0.1, -0.05) is 19.8 Å².